The van der Waals surface area contributed by atoms with Gasteiger partial charge in [0, 0.05) is 19.0 Å². The van der Waals surface area contributed by atoms with Gasteiger partial charge in [-0.1, -0.05) is 12.1 Å². The fraction of sp³-hybridized carbons (Fsp3) is 0.533. The molecule has 22 heavy (non-hydrogen) atoms. The molecule has 1 aromatic carbocycles. The molecule has 0 radical (unpaired) electrons. The third-order valence-corrected chi connectivity index (χ3v) is 3.84. The molecule has 1 aromatic rings. The number of benzene rings is 1. The van der Waals surface area contributed by atoms with Crippen LogP contribution in [0.15, 0.2) is 24.3 Å². The molecule has 2 N–H and O–H groups in total. The summed E-state index contributed by atoms with van der Waals surface area (Å²) in [5, 5.41) is 11.5. The number of anilines is 1. The van der Waals surface area contributed by atoms with Crippen molar-refractivity contribution < 1.29 is 23.1 Å². The van der Waals surface area contributed by atoms with Crippen molar-refractivity contribution in [1.82, 2.24) is 4.90 Å². The standard InChI is InChI=1S/C15H19F3N2O2/c16-15(17,18)12-5-1-2-6-13(12)19-14(22)7-9-20-8-3-4-11(20)10-21/h1-2,5-6,11,21H,3-4,7-10H2,(H,19,22)/t11-/m1/s1. The molecule has 0 aliphatic carbocycles. The maximum absolute atomic E-state index is 12.8. The van der Waals surface area contributed by atoms with Gasteiger partial charge in [-0.15, -0.1) is 0 Å². The number of aliphatic hydroxyl groups is 1. The lowest BCUT2D eigenvalue weighted by molar-refractivity contribution is -0.137. The summed E-state index contributed by atoms with van der Waals surface area (Å²) in [6, 6.07) is 4.97. The number of rotatable bonds is 5. The molecule has 1 fully saturated rings. The van der Waals surface area contributed by atoms with Crippen LogP contribution >= 0.6 is 0 Å². The number of carbonyl (C=O) groups is 1. The molecule has 0 saturated carbocycles. The highest BCUT2D eigenvalue weighted by molar-refractivity contribution is 5.91. The number of carbonyl (C=O) groups excluding carboxylic acids is 1. The molecular weight excluding hydrogens is 297 g/mol. The van der Waals surface area contributed by atoms with Crippen LogP contribution in [-0.2, 0) is 11.0 Å². The Labute approximate surface area is 126 Å². The number of likely N-dealkylation sites (tertiary alicyclic amines) is 1. The van der Waals surface area contributed by atoms with E-state index < -0.39 is 17.6 Å². The number of halogens is 3. The molecule has 0 spiro atoms. The van der Waals surface area contributed by atoms with Crippen molar-refractivity contribution >= 4 is 11.6 Å². The van der Waals surface area contributed by atoms with Gasteiger partial charge in [-0.3, -0.25) is 9.69 Å². The zero-order valence-electron chi connectivity index (χ0n) is 12.1. The van der Waals surface area contributed by atoms with Gasteiger partial charge in [0.15, 0.2) is 0 Å². The summed E-state index contributed by atoms with van der Waals surface area (Å²) in [5.74, 6) is -0.458. The number of nitrogens with zero attached hydrogens (tertiary/aromatic N) is 1. The topological polar surface area (TPSA) is 52.6 Å². The van der Waals surface area contributed by atoms with Crippen LogP contribution < -0.4 is 5.32 Å². The van der Waals surface area contributed by atoms with E-state index in [9.17, 15) is 23.1 Å². The second-order valence-corrected chi connectivity index (χ2v) is 5.36. The monoisotopic (exact) mass is 316 g/mol. The van der Waals surface area contributed by atoms with Crippen molar-refractivity contribution in [2.45, 2.75) is 31.5 Å². The number of alkyl halides is 3. The Balaban J connectivity index is 1.93. The van der Waals surface area contributed by atoms with Gasteiger partial charge in [0.2, 0.25) is 5.91 Å². The van der Waals surface area contributed by atoms with Crippen molar-refractivity contribution in [2.24, 2.45) is 0 Å². The Morgan fingerprint density at radius 2 is 2.09 bits per heavy atom. The SMILES string of the molecule is O=C(CCN1CCC[C@@H]1CO)Nc1ccccc1C(F)(F)F. The number of amides is 1. The second kappa shape index (κ2) is 7.11. The minimum Gasteiger partial charge on any atom is -0.395 e. The number of hydrogen-bond donors (Lipinski definition) is 2. The lowest BCUT2D eigenvalue weighted by Crippen LogP contribution is -2.34. The number of aliphatic hydroxyl groups excluding tert-OH is 1. The first-order valence-electron chi connectivity index (χ1n) is 7.23. The van der Waals surface area contributed by atoms with Gasteiger partial charge in [-0.25, -0.2) is 0 Å². The summed E-state index contributed by atoms with van der Waals surface area (Å²) in [5.41, 5.74) is -1.07. The van der Waals surface area contributed by atoms with Gasteiger partial charge >= 0.3 is 6.18 Å². The minimum absolute atomic E-state index is 0.0402. The van der Waals surface area contributed by atoms with Crippen LogP contribution in [0.5, 0.6) is 0 Å². The maximum atomic E-state index is 12.8. The number of hydrogen-bond acceptors (Lipinski definition) is 3. The molecular formula is C15H19F3N2O2. The lowest BCUT2D eigenvalue weighted by Gasteiger charge is -2.22. The van der Waals surface area contributed by atoms with Crippen LogP contribution in [0.2, 0.25) is 0 Å². The Kier molecular flexibility index (Phi) is 5.42. The van der Waals surface area contributed by atoms with Crippen molar-refractivity contribution in [2.75, 3.05) is 25.0 Å². The minimum atomic E-state index is -4.50. The van der Waals surface area contributed by atoms with E-state index in [2.05, 4.69) is 5.32 Å². The van der Waals surface area contributed by atoms with E-state index in [-0.39, 0.29) is 24.8 Å². The van der Waals surface area contributed by atoms with Crippen LogP contribution in [0.1, 0.15) is 24.8 Å². The molecule has 2 rings (SSSR count). The Hall–Kier alpha value is -1.60. The van der Waals surface area contributed by atoms with Crippen LogP contribution in [0.4, 0.5) is 18.9 Å². The van der Waals surface area contributed by atoms with Gasteiger partial charge in [0.25, 0.3) is 0 Å². The molecule has 4 nitrogen and oxygen atoms in total. The van der Waals surface area contributed by atoms with Crippen LogP contribution in [0, 0.1) is 0 Å². The van der Waals surface area contributed by atoms with E-state index in [1.54, 1.807) is 0 Å². The summed E-state index contributed by atoms with van der Waals surface area (Å²) in [6.45, 7) is 1.28. The number of nitrogens with one attached hydrogen (secondary N) is 1. The molecule has 1 atom stereocenters. The van der Waals surface area contributed by atoms with E-state index in [0.717, 1.165) is 25.5 Å². The molecule has 1 amide bonds. The largest absolute Gasteiger partial charge is 0.418 e. The highest BCUT2D eigenvalue weighted by Crippen LogP contribution is 2.34. The Morgan fingerprint density at radius 1 is 1.36 bits per heavy atom. The highest BCUT2D eigenvalue weighted by Gasteiger charge is 2.33. The first-order valence-corrected chi connectivity index (χ1v) is 7.23. The second-order valence-electron chi connectivity index (χ2n) is 5.36. The molecule has 122 valence electrons. The average molecular weight is 316 g/mol. The van der Waals surface area contributed by atoms with Gasteiger partial charge in [-0.05, 0) is 31.5 Å². The molecule has 0 unspecified atom stereocenters. The van der Waals surface area contributed by atoms with E-state index in [1.807, 2.05) is 4.90 Å². The van der Waals surface area contributed by atoms with Gasteiger partial charge in [-0.2, -0.15) is 13.2 Å². The summed E-state index contributed by atoms with van der Waals surface area (Å²) in [7, 11) is 0. The summed E-state index contributed by atoms with van der Waals surface area (Å²) < 4.78 is 38.5. The predicted octanol–water partition coefficient (Wildman–Crippen LogP) is 2.49. The fourth-order valence-electron chi connectivity index (χ4n) is 2.69. The Morgan fingerprint density at radius 3 is 2.77 bits per heavy atom. The average Bonchev–Trinajstić information content (AvgIpc) is 2.92. The summed E-state index contributed by atoms with van der Waals surface area (Å²) in [4.78, 5) is 13.9. The molecule has 1 aliphatic rings. The van der Waals surface area contributed by atoms with Crippen LogP contribution in [0.3, 0.4) is 0 Å². The first-order chi connectivity index (χ1) is 10.4. The molecule has 1 saturated heterocycles. The summed E-state index contributed by atoms with van der Waals surface area (Å²) in [6.07, 6.45) is -2.55. The molecule has 1 heterocycles. The molecule has 7 heteroatoms. The highest BCUT2D eigenvalue weighted by atomic mass is 19.4. The molecule has 1 aliphatic heterocycles. The predicted molar refractivity (Wildman–Crippen MR) is 76.4 cm³/mol. The smallest absolute Gasteiger partial charge is 0.395 e. The van der Waals surface area contributed by atoms with Crippen molar-refractivity contribution in [1.29, 1.82) is 0 Å². The first kappa shape index (κ1) is 16.8. The van der Waals surface area contributed by atoms with Crippen molar-refractivity contribution in [3.63, 3.8) is 0 Å². The Bertz CT molecular complexity index is 520. The third-order valence-electron chi connectivity index (χ3n) is 3.84. The molecule has 0 aromatic heterocycles. The number of para-hydroxylation sites is 1. The zero-order chi connectivity index (χ0) is 16.2. The van der Waals surface area contributed by atoms with Gasteiger partial charge in [0.05, 0.1) is 17.9 Å². The third kappa shape index (κ3) is 4.20. The quantitative estimate of drug-likeness (QED) is 0.877. The fourth-order valence-corrected chi connectivity index (χ4v) is 2.69. The maximum Gasteiger partial charge on any atom is 0.418 e. The van der Waals surface area contributed by atoms with Gasteiger partial charge in [0.1, 0.15) is 0 Å². The van der Waals surface area contributed by atoms with Crippen LogP contribution in [-0.4, -0.2) is 41.7 Å². The normalized spacial score (nSPS) is 19.4. The van der Waals surface area contributed by atoms with E-state index in [4.69, 9.17) is 0 Å². The van der Waals surface area contributed by atoms with E-state index in [1.165, 1.54) is 18.2 Å². The van der Waals surface area contributed by atoms with Crippen LogP contribution in [0.25, 0.3) is 0 Å². The van der Waals surface area contributed by atoms with Crippen molar-refractivity contribution in [3.8, 4) is 0 Å². The van der Waals surface area contributed by atoms with E-state index >= 15 is 0 Å². The summed E-state index contributed by atoms with van der Waals surface area (Å²) >= 11 is 0. The molecule has 0 bridgehead atoms. The van der Waals surface area contributed by atoms with Crippen molar-refractivity contribution in [3.05, 3.63) is 29.8 Å². The zero-order valence-corrected chi connectivity index (χ0v) is 12.1. The van der Waals surface area contributed by atoms with Gasteiger partial charge < -0.3 is 10.4 Å². The van der Waals surface area contributed by atoms with E-state index in [0.29, 0.717) is 6.54 Å². The lowest BCUT2D eigenvalue weighted by atomic mass is 10.1.